The highest BCUT2D eigenvalue weighted by Gasteiger charge is 2.09. The van der Waals surface area contributed by atoms with Crippen molar-refractivity contribution in [1.29, 1.82) is 0 Å². The fraction of sp³-hybridized carbons (Fsp3) is 0.273. The Balaban J connectivity index is 2.16. The number of aryl methyl sites for hydroxylation is 1. The standard InChI is InChI=1S/C11H13N3O2S/c1-2-4-9-13-11(17-14-9)16-8-6-3-5-7(15)10(8)12/h3,5-6,15H,2,4,12H2,1H3. The number of nitrogens with two attached hydrogens (primary N) is 1. The van der Waals surface area contributed by atoms with Crippen LogP contribution in [0, 0.1) is 0 Å². The van der Waals surface area contributed by atoms with Crippen molar-refractivity contribution in [3.05, 3.63) is 24.0 Å². The molecule has 6 heteroatoms. The van der Waals surface area contributed by atoms with E-state index in [2.05, 4.69) is 16.3 Å². The Morgan fingerprint density at radius 1 is 1.47 bits per heavy atom. The summed E-state index contributed by atoms with van der Waals surface area (Å²) in [4.78, 5) is 4.21. The number of hydrogen-bond acceptors (Lipinski definition) is 6. The summed E-state index contributed by atoms with van der Waals surface area (Å²) in [5.74, 6) is 1.16. The van der Waals surface area contributed by atoms with E-state index in [-0.39, 0.29) is 11.4 Å². The fourth-order valence-corrected chi connectivity index (χ4v) is 1.91. The molecule has 0 radical (unpaired) electrons. The minimum Gasteiger partial charge on any atom is -0.506 e. The van der Waals surface area contributed by atoms with Crippen LogP contribution in [0.3, 0.4) is 0 Å². The van der Waals surface area contributed by atoms with Gasteiger partial charge in [0.2, 0.25) is 0 Å². The molecular formula is C11H13N3O2S. The number of anilines is 1. The van der Waals surface area contributed by atoms with Crippen LogP contribution in [-0.4, -0.2) is 14.5 Å². The second kappa shape index (κ2) is 5.01. The van der Waals surface area contributed by atoms with Crippen LogP contribution in [0.25, 0.3) is 0 Å². The topological polar surface area (TPSA) is 81.3 Å². The first-order chi connectivity index (χ1) is 8.20. The van der Waals surface area contributed by atoms with Gasteiger partial charge in [-0.1, -0.05) is 13.0 Å². The molecule has 0 bridgehead atoms. The van der Waals surface area contributed by atoms with Crippen LogP contribution in [0.1, 0.15) is 19.2 Å². The number of para-hydroxylation sites is 1. The normalized spacial score (nSPS) is 10.4. The number of benzene rings is 1. The van der Waals surface area contributed by atoms with Crippen molar-refractivity contribution >= 4 is 17.2 Å². The van der Waals surface area contributed by atoms with Gasteiger partial charge in [-0.25, -0.2) is 0 Å². The van der Waals surface area contributed by atoms with Gasteiger partial charge < -0.3 is 15.6 Å². The molecule has 5 nitrogen and oxygen atoms in total. The third-order valence-electron chi connectivity index (χ3n) is 2.16. The SMILES string of the molecule is CCCc1nsc(Oc2cccc(O)c2N)n1. The number of rotatable bonds is 4. The van der Waals surface area contributed by atoms with Gasteiger partial charge in [0, 0.05) is 18.0 Å². The van der Waals surface area contributed by atoms with Crippen molar-refractivity contribution in [2.45, 2.75) is 19.8 Å². The van der Waals surface area contributed by atoms with Crippen LogP contribution in [0.15, 0.2) is 18.2 Å². The average molecular weight is 251 g/mol. The van der Waals surface area contributed by atoms with Crippen LogP contribution in [0.4, 0.5) is 5.69 Å². The summed E-state index contributed by atoms with van der Waals surface area (Å²) in [6, 6.07) is 4.84. The quantitative estimate of drug-likeness (QED) is 0.644. The molecule has 0 atom stereocenters. The fourth-order valence-electron chi connectivity index (χ4n) is 1.32. The van der Waals surface area contributed by atoms with Gasteiger partial charge in [0.25, 0.3) is 5.19 Å². The zero-order chi connectivity index (χ0) is 12.3. The smallest absolute Gasteiger partial charge is 0.298 e. The van der Waals surface area contributed by atoms with Crippen LogP contribution in [0.5, 0.6) is 16.7 Å². The van der Waals surface area contributed by atoms with Crippen LogP contribution >= 0.6 is 11.5 Å². The number of aromatic nitrogens is 2. The molecule has 3 N–H and O–H groups in total. The molecule has 0 saturated heterocycles. The molecule has 2 rings (SSSR count). The lowest BCUT2D eigenvalue weighted by Crippen LogP contribution is -1.92. The number of nitrogen functional groups attached to an aromatic ring is 1. The molecule has 2 aromatic rings. The number of ether oxygens (including phenoxy) is 1. The second-order valence-electron chi connectivity index (χ2n) is 3.52. The van der Waals surface area contributed by atoms with Gasteiger partial charge in [0.05, 0.1) is 0 Å². The Kier molecular flexibility index (Phi) is 3.43. The van der Waals surface area contributed by atoms with Gasteiger partial charge in [0.1, 0.15) is 17.3 Å². The van der Waals surface area contributed by atoms with Crippen molar-refractivity contribution in [3.8, 4) is 16.7 Å². The molecule has 1 aromatic heterocycles. The molecule has 0 aliphatic carbocycles. The van der Waals surface area contributed by atoms with Crippen molar-refractivity contribution in [2.75, 3.05) is 5.73 Å². The maximum atomic E-state index is 9.43. The van der Waals surface area contributed by atoms with E-state index in [0.717, 1.165) is 18.7 Å². The molecular weight excluding hydrogens is 238 g/mol. The lowest BCUT2D eigenvalue weighted by atomic mass is 10.3. The summed E-state index contributed by atoms with van der Waals surface area (Å²) in [6.45, 7) is 2.06. The first-order valence-electron chi connectivity index (χ1n) is 5.28. The summed E-state index contributed by atoms with van der Waals surface area (Å²) in [5.41, 5.74) is 5.89. The number of aromatic hydroxyl groups is 1. The minimum absolute atomic E-state index is 0.000738. The lowest BCUT2D eigenvalue weighted by Gasteiger charge is -2.05. The van der Waals surface area contributed by atoms with Crippen molar-refractivity contribution in [3.63, 3.8) is 0 Å². The molecule has 0 spiro atoms. The summed E-state index contributed by atoms with van der Waals surface area (Å²) < 4.78 is 9.63. The average Bonchev–Trinajstić information content (AvgIpc) is 2.73. The van der Waals surface area contributed by atoms with E-state index >= 15 is 0 Å². The molecule has 90 valence electrons. The van der Waals surface area contributed by atoms with Crippen molar-refractivity contribution in [2.24, 2.45) is 0 Å². The van der Waals surface area contributed by atoms with Gasteiger partial charge in [-0.15, -0.1) is 0 Å². The summed E-state index contributed by atoms with van der Waals surface area (Å²) in [5, 5.41) is 9.87. The molecule has 0 saturated carbocycles. The first-order valence-corrected chi connectivity index (χ1v) is 6.06. The van der Waals surface area contributed by atoms with Gasteiger partial charge in [-0.3, -0.25) is 0 Å². The summed E-state index contributed by atoms with van der Waals surface area (Å²) >= 11 is 1.18. The lowest BCUT2D eigenvalue weighted by molar-refractivity contribution is 0.457. The van der Waals surface area contributed by atoms with E-state index in [9.17, 15) is 5.11 Å². The molecule has 0 aliphatic rings. The van der Waals surface area contributed by atoms with Crippen LogP contribution < -0.4 is 10.5 Å². The largest absolute Gasteiger partial charge is 0.506 e. The highest BCUT2D eigenvalue weighted by Crippen LogP contribution is 2.34. The second-order valence-corrected chi connectivity index (χ2v) is 4.23. The van der Waals surface area contributed by atoms with Crippen molar-refractivity contribution in [1.82, 2.24) is 9.36 Å². The van der Waals surface area contributed by atoms with Crippen LogP contribution in [0.2, 0.25) is 0 Å². The molecule has 0 amide bonds. The molecule has 0 fully saturated rings. The Labute approximate surface area is 103 Å². The zero-order valence-electron chi connectivity index (χ0n) is 9.38. The maximum Gasteiger partial charge on any atom is 0.298 e. The monoisotopic (exact) mass is 251 g/mol. The Morgan fingerprint density at radius 3 is 3.06 bits per heavy atom. The molecule has 1 aromatic carbocycles. The highest BCUT2D eigenvalue weighted by molar-refractivity contribution is 7.07. The Bertz CT molecular complexity index is 513. The van der Waals surface area contributed by atoms with E-state index in [0.29, 0.717) is 10.9 Å². The molecule has 0 unspecified atom stereocenters. The number of phenolic OH excluding ortho intramolecular Hbond substituents is 1. The first kappa shape index (κ1) is 11.7. The summed E-state index contributed by atoms with van der Waals surface area (Å²) in [7, 11) is 0. The van der Waals surface area contributed by atoms with Gasteiger partial charge in [0.15, 0.2) is 5.75 Å². The molecule has 0 aliphatic heterocycles. The van der Waals surface area contributed by atoms with E-state index in [4.69, 9.17) is 10.5 Å². The van der Waals surface area contributed by atoms with E-state index in [1.807, 2.05) is 0 Å². The number of phenols is 1. The highest BCUT2D eigenvalue weighted by atomic mass is 32.1. The van der Waals surface area contributed by atoms with E-state index in [1.165, 1.54) is 17.6 Å². The van der Waals surface area contributed by atoms with Crippen molar-refractivity contribution < 1.29 is 9.84 Å². The maximum absolute atomic E-state index is 9.43. The predicted molar refractivity (Wildman–Crippen MR) is 66.5 cm³/mol. The van der Waals surface area contributed by atoms with Crippen LogP contribution in [-0.2, 0) is 6.42 Å². The molecule has 17 heavy (non-hydrogen) atoms. The zero-order valence-corrected chi connectivity index (χ0v) is 10.2. The minimum atomic E-state index is 0.000738. The van der Waals surface area contributed by atoms with Gasteiger partial charge in [-0.05, 0) is 18.6 Å². The third-order valence-corrected chi connectivity index (χ3v) is 2.80. The van der Waals surface area contributed by atoms with E-state index < -0.39 is 0 Å². The third kappa shape index (κ3) is 2.65. The predicted octanol–water partition coefficient (Wildman–Crippen LogP) is 2.57. The van der Waals surface area contributed by atoms with Gasteiger partial charge in [-0.2, -0.15) is 9.36 Å². The number of nitrogens with zero attached hydrogens (tertiary/aromatic N) is 2. The van der Waals surface area contributed by atoms with Gasteiger partial charge >= 0.3 is 0 Å². The summed E-state index contributed by atoms with van der Waals surface area (Å²) in [6.07, 6.45) is 1.82. The Morgan fingerprint density at radius 2 is 2.29 bits per heavy atom. The molecule has 1 heterocycles. The van der Waals surface area contributed by atoms with E-state index in [1.54, 1.807) is 12.1 Å². The number of hydrogen-bond donors (Lipinski definition) is 2. The Hall–Kier alpha value is -1.82.